The van der Waals surface area contributed by atoms with Crippen LogP contribution in [0.15, 0.2) is 146 Å². The SMILES string of the molecule is CC\C=C/C=C\C=C/C=C\C=C\C=C/CCCCCC(=O)OC(COC(=O)CCC/C=C\C/C=C\C/C=C\CCCCCCCC)COC(=O)CCCCCCCCCCC/C=C\C/C=C\C/C=C\CC. The van der Waals surface area contributed by atoms with E-state index in [1.54, 1.807) is 0 Å². The van der Waals surface area contributed by atoms with Gasteiger partial charge in [0.25, 0.3) is 0 Å². The smallest absolute Gasteiger partial charge is 0.306 e. The van der Waals surface area contributed by atoms with Crippen LogP contribution in [0.2, 0.25) is 0 Å². The summed E-state index contributed by atoms with van der Waals surface area (Å²) in [4.78, 5) is 38.2. The molecule has 0 saturated carbocycles. The lowest BCUT2D eigenvalue weighted by Gasteiger charge is -2.18. The van der Waals surface area contributed by atoms with Gasteiger partial charge in [0.2, 0.25) is 0 Å². The highest BCUT2D eigenvalue weighted by Crippen LogP contribution is 2.14. The summed E-state index contributed by atoms with van der Waals surface area (Å²) in [6.07, 6.45) is 82.7. The third-order valence-corrected chi connectivity index (χ3v) is 11.5. The highest BCUT2D eigenvalue weighted by Gasteiger charge is 2.19. The fourth-order valence-corrected chi connectivity index (χ4v) is 7.27. The van der Waals surface area contributed by atoms with Gasteiger partial charge < -0.3 is 14.2 Å². The zero-order chi connectivity index (χ0) is 51.4. The first-order valence-corrected chi connectivity index (χ1v) is 28.4. The molecule has 71 heavy (non-hydrogen) atoms. The molecule has 398 valence electrons. The van der Waals surface area contributed by atoms with Gasteiger partial charge in [-0.3, -0.25) is 14.4 Å². The molecule has 0 amide bonds. The minimum atomic E-state index is -0.831. The van der Waals surface area contributed by atoms with Crippen LogP contribution in [0.1, 0.15) is 226 Å². The first-order chi connectivity index (χ1) is 35.0. The van der Waals surface area contributed by atoms with Gasteiger partial charge in [0.05, 0.1) is 0 Å². The van der Waals surface area contributed by atoms with Crippen LogP contribution in [-0.2, 0) is 28.6 Å². The van der Waals surface area contributed by atoms with E-state index >= 15 is 0 Å². The maximum atomic E-state index is 12.8. The quantitative estimate of drug-likeness (QED) is 0.0199. The third-order valence-electron chi connectivity index (χ3n) is 11.5. The fraction of sp³-hybridized carbons (Fsp3) is 0.585. The Morgan fingerprint density at radius 1 is 0.310 bits per heavy atom. The van der Waals surface area contributed by atoms with E-state index in [9.17, 15) is 14.4 Å². The number of esters is 3. The van der Waals surface area contributed by atoms with Gasteiger partial charge in [0.1, 0.15) is 13.2 Å². The lowest BCUT2D eigenvalue weighted by atomic mass is 10.1. The summed E-state index contributed by atoms with van der Waals surface area (Å²) in [6, 6.07) is 0. The fourth-order valence-electron chi connectivity index (χ4n) is 7.27. The Morgan fingerprint density at radius 3 is 1.10 bits per heavy atom. The first-order valence-electron chi connectivity index (χ1n) is 28.4. The van der Waals surface area contributed by atoms with Gasteiger partial charge in [-0.1, -0.05) is 250 Å². The predicted octanol–water partition coefficient (Wildman–Crippen LogP) is 19.2. The van der Waals surface area contributed by atoms with E-state index in [4.69, 9.17) is 14.2 Å². The van der Waals surface area contributed by atoms with Crippen molar-refractivity contribution < 1.29 is 28.6 Å². The van der Waals surface area contributed by atoms with Crippen molar-refractivity contribution in [3.8, 4) is 0 Å². The Hall–Kier alpha value is -4.71. The Bertz CT molecular complexity index is 1590. The van der Waals surface area contributed by atoms with E-state index in [2.05, 4.69) is 106 Å². The Kier molecular flexibility index (Phi) is 54.0. The molecule has 0 spiro atoms. The first kappa shape index (κ1) is 66.3. The molecule has 0 heterocycles. The number of rotatable bonds is 49. The van der Waals surface area contributed by atoms with E-state index in [1.807, 2.05) is 60.8 Å². The van der Waals surface area contributed by atoms with Crippen LogP contribution in [0.5, 0.6) is 0 Å². The van der Waals surface area contributed by atoms with Crippen molar-refractivity contribution >= 4 is 17.9 Å². The topological polar surface area (TPSA) is 78.9 Å². The summed E-state index contributed by atoms with van der Waals surface area (Å²) < 4.78 is 16.8. The minimum absolute atomic E-state index is 0.121. The molecule has 0 N–H and O–H groups in total. The van der Waals surface area contributed by atoms with E-state index in [0.717, 1.165) is 89.9 Å². The number of hydrogen-bond donors (Lipinski definition) is 0. The third kappa shape index (κ3) is 56.1. The van der Waals surface area contributed by atoms with Gasteiger partial charge in [0, 0.05) is 19.3 Å². The molecule has 0 aromatic rings. The monoisotopic (exact) mass is 979 g/mol. The molecule has 0 aliphatic heterocycles. The number of carbonyl (C=O) groups excluding carboxylic acids is 3. The summed E-state index contributed by atoms with van der Waals surface area (Å²) in [6.45, 7) is 6.28. The molecule has 0 aromatic heterocycles. The standard InChI is InChI=1S/C65H102O6/c1-4-7-10-13-16-19-22-25-28-31-32-35-37-40-43-46-49-52-55-58-64(67)70-61-62(71-65(68)59-56-53-50-47-44-41-38-34-30-27-24-21-18-15-12-9-6-3)60-69-63(66)57-54-51-48-45-42-39-36-33-29-26-23-20-17-14-11-8-5-2/h7,9-10,12,15-16,18-19,21,24-30,34,36,38-39,41,44-45,48,62H,4-6,8,11,13-14,17,20,22-23,31-33,35,37,40,42-43,46-47,49-61H2,1-3H3/b10-7-,12-9-,18-15-,19-16-,24-21-,28-25-,29-26-,30-27-,38-34+,39-36-,44-41-,48-45-. The number of hydrogen-bond acceptors (Lipinski definition) is 6. The van der Waals surface area contributed by atoms with Gasteiger partial charge in [-0.25, -0.2) is 0 Å². The predicted molar refractivity (Wildman–Crippen MR) is 306 cm³/mol. The highest BCUT2D eigenvalue weighted by molar-refractivity contribution is 5.71. The van der Waals surface area contributed by atoms with Crippen LogP contribution < -0.4 is 0 Å². The van der Waals surface area contributed by atoms with Gasteiger partial charge in [-0.2, -0.15) is 0 Å². The van der Waals surface area contributed by atoms with Crippen LogP contribution in [0.25, 0.3) is 0 Å². The zero-order valence-electron chi connectivity index (χ0n) is 45.4. The van der Waals surface area contributed by atoms with Crippen molar-refractivity contribution in [2.75, 3.05) is 13.2 Å². The van der Waals surface area contributed by atoms with Gasteiger partial charge in [0.15, 0.2) is 6.10 Å². The summed E-state index contributed by atoms with van der Waals surface area (Å²) in [5, 5.41) is 0. The van der Waals surface area contributed by atoms with Crippen molar-refractivity contribution in [2.45, 2.75) is 232 Å². The van der Waals surface area contributed by atoms with Crippen molar-refractivity contribution in [1.29, 1.82) is 0 Å². The molecule has 0 bridgehead atoms. The second-order valence-corrected chi connectivity index (χ2v) is 18.2. The normalized spacial score (nSPS) is 13.2. The maximum absolute atomic E-state index is 12.8. The molecule has 0 radical (unpaired) electrons. The Morgan fingerprint density at radius 2 is 0.634 bits per heavy atom. The number of unbranched alkanes of at least 4 members (excludes halogenated alkanes) is 19. The van der Waals surface area contributed by atoms with E-state index in [-0.39, 0.29) is 44.0 Å². The van der Waals surface area contributed by atoms with Gasteiger partial charge in [-0.05, 0) is 103 Å². The molecule has 1 atom stereocenters. The molecule has 0 fully saturated rings. The van der Waals surface area contributed by atoms with Crippen LogP contribution in [0.4, 0.5) is 0 Å². The molecule has 6 heteroatoms. The second kappa shape index (κ2) is 57.9. The average Bonchev–Trinajstić information content (AvgIpc) is 3.37. The summed E-state index contributed by atoms with van der Waals surface area (Å²) >= 11 is 0. The maximum Gasteiger partial charge on any atom is 0.306 e. The van der Waals surface area contributed by atoms with Crippen LogP contribution >= 0.6 is 0 Å². The molecule has 0 aromatic carbocycles. The Balaban J connectivity index is 4.57. The molecule has 0 rings (SSSR count). The number of allylic oxidation sites excluding steroid dienone is 24. The van der Waals surface area contributed by atoms with E-state index in [0.29, 0.717) is 19.3 Å². The second-order valence-electron chi connectivity index (χ2n) is 18.2. The lowest BCUT2D eigenvalue weighted by Crippen LogP contribution is -2.30. The highest BCUT2D eigenvalue weighted by atomic mass is 16.6. The number of carbonyl (C=O) groups is 3. The summed E-state index contributed by atoms with van der Waals surface area (Å²) in [5.74, 6) is -1.03. The van der Waals surface area contributed by atoms with Crippen LogP contribution in [-0.4, -0.2) is 37.2 Å². The molecule has 0 aliphatic rings. The molecule has 6 nitrogen and oxygen atoms in total. The molecule has 0 aliphatic carbocycles. The molecule has 0 saturated heterocycles. The number of ether oxygens (including phenoxy) is 3. The van der Waals surface area contributed by atoms with Crippen molar-refractivity contribution in [3.05, 3.63) is 146 Å². The zero-order valence-corrected chi connectivity index (χ0v) is 45.4. The molecule has 1 unspecified atom stereocenters. The lowest BCUT2D eigenvalue weighted by molar-refractivity contribution is -0.167. The molecular formula is C65H102O6. The average molecular weight is 980 g/mol. The van der Waals surface area contributed by atoms with Gasteiger partial charge in [-0.15, -0.1) is 0 Å². The van der Waals surface area contributed by atoms with E-state index in [1.165, 1.54) is 83.5 Å². The van der Waals surface area contributed by atoms with Gasteiger partial charge >= 0.3 is 17.9 Å². The Labute approximate surface area is 436 Å². The van der Waals surface area contributed by atoms with Crippen molar-refractivity contribution in [2.24, 2.45) is 0 Å². The summed E-state index contributed by atoms with van der Waals surface area (Å²) in [7, 11) is 0. The van der Waals surface area contributed by atoms with Crippen molar-refractivity contribution in [1.82, 2.24) is 0 Å². The van der Waals surface area contributed by atoms with Crippen LogP contribution in [0, 0.1) is 0 Å². The minimum Gasteiger partial charge on any atom is -0.462 e. The largest absolute Gasteiger partial charge is 0.462 e. The van der Waals surface area contributed by atoms with Crippen molar-refractivity contribution in [3.63, 3.8) is 0 Å². The van der Waals surface area contributed by atoms with Crippen LogP contribution in [0.3, 0.4) is 0 Å². The molecular weight excluding hydrogens is 877 g/mol. The summed E-state index contributed by atoms with van der Waals surface area (Å²) in [5.41, 5.74) is 0. The van der Waals surface area contributed by atoms with E-state index < -0.39 is 6.10 Å².